The molecule has 0 aromatic carbocycles. The van der Waals surface area contributed by atoms with Gasteiger partial charge in [0.15, 0.2) is 17.8 Å². The second-order valence-electron chi connectivity index (χ2n) is 4.05. The number of oxazole rings is 1. The fourth-order valence-corrected chi connectivity index (χ4v) is 2.46. The molecule has 4 nitrogen and oxygen atoms in total. The molecule has 18 heavy (non-hydrogen) atoms. The Morgan fingerprint density at radius 3 is 3.00 bits per heavy atom. The molecule has 0 aliphatic rings. The average molecular weight is 264 g/mol. The maximum Gasteiger partial charge on any atom is 0.273 e. The predicted octanol–water partition coefficient (Wildman–Crippen LogP) is 3.24. The first-order chi connectivity index (χ1) is 8.72. The zero-order chi connectivity index (χ0) is 13.0. The summed E-state index contributed by atoms with van der Waals surface area (Å²) in [4.78, 5) is 18.1. The highest BCUT2D eigenvalue weighted by Crippen LogP contribution is 2.29. The monoisotopic (exact) mass is 264 g/mol. The highest BCUT2D eigenvalue weighted by atomic mass is 32.1. The molecular weight excluding hydrogens is 248 g/mol. The van der Waals surface area contributed by atoms with Crippen molar-refractivity contribution in [1.82, 2.24) is 10.3 Å². The summed E-state index contributed by atoms with van der Waals surface area (Å²) in [6, 6.07) is 3.95. The molecule has 0 saturated heterocycles. The van der Waals surface area contributed by atoms with Crippen LogP contribution in [0.1, 0.15) is 35.1 Å². The van der Waals surface area contributed by atoms with Crippen molar-refractivity contribution in [3.8, 4) is 10.6 Å². The van der Waals surface area contributed by atoms with Crippen LogP contribution >= 0.6 is 11.3 Å². The van der Waals surface area contributed by atoms with Crippen molar-refractivity contribution in [3.63, 3.8) is 0 Å². The van der Waals surface area contributed by atoms with Gasteiger partial charge in [-0.3, -0.25) is 4.79 Å². The molecule has 0 spiro atoms. The fraction of sp³-hybridized carbons (Fsp3) is 0.385. The summed E-state index contributed by atoms with van der Waals surface area (Å²) in [5.41, 5.74) is 0.368. The van der Waals surface area contributed by atoms with E-state index in [1.54, 1.807) is 11.3 Å². The molecule has 0 bridgehead atoms. The van der Waals surface area contributed by atoms with Gasteiger partial charge in [-0.15, -0.1) is 11.3 Å². The zero-order valence-corrected chi connectivity index (χ0v) is 11.3. The van der Waals surface area contributed by atoms with Crippen molar-refractivity contribution in [2.45, 2.75) is 26.7 Å². The van der Waals surface area contributed by atoms with E-state index in [0.717, 1.165) is 17.7 Å². The number of nitrogens with one attached hydrogen (secondary N) is 1. The zero-order valence-electron chi connectivity index (χ0n) is 10.5. The van der Waals surface area contributed by atoms with Crippen LogP contribution in [0.15, 0.2) is 22.9 Å². The molecule has 1 amide bonds. The quantitative estimate of drug-likeness (QED) is 0.843. The van der Waals surface area contributed by atoms with Crippen LogP contribution in [0, 0.1) is 6.92 Å². The number of amides is 1. The van der Waals surface area contributed by atoms with Crippen LogP contribution in [0.4, 0.5) is 0 Å². The maximum absolute atomic E-state index is 12.0. The summed E-state index contributed by atoms with van der Waals surface area (Å²) in [5.74, 6) is 0.389. The second-order valence-corrected chi connectivity index (χ2v) is 5.34. The third kappa shape index (κ3) is 2.79. The lowest BCUT2D eigenvalue weighted by molar-refractivity contribution is 0.0949. The number of hydrogen-bond donors (Lipinski definition) is 1. The number of nitrogens with zero attached hydrogens (tertiary/aromatic N) is 1. The van der Waals surface area contributed by atoms with Crippen LogP contribution in [0.5, 0.6) is 0 Å². The minimum Gasteiger partial charge on any atom is -0.442 e. The normalized spacial score (nSPS) is 10.6. The second kappa shape index (κ2) is 5.82. The Balaban J connectivity index is 2.15. The van der Waals surface area contributed by atoms with Gasteiger partial charge in [0.1, 0.15) is 0 Å². The molecule has 0 unspecified atom stereocenters. The molecule has 2 aromatic heterocycles. The molecule has 0 aliphatic carbocycles. The van der Waals surface area contributed by atoms with E-state index in [1.807, 2.05) is 19.1 Å². The van der Waals surface area contributed by atoms with E-state index in [-0.39, 0.29) is 5.91 Å². The summed E-state index contributed by atoms with van der Waals surface area (Å²) < 4.78 is 5.33. The van der Waals surface area contributed by atoms with Gasteiger partial charge in [0, 0.05) is 11.4 Å². The number of thiophene rings is 1. The van der Waals surface area contributed by atoms with Crippen molar-refractivity contribution in [1.29, 1.82) is 0 Å². The van der Waals surface area contributed by atoms with Crippen molar-refractivity contribution in [3.05, 3.63) is 29.1 Å². The molecule has 0 fully saturated rings. The van der Waals surface area contributed by atoms with Gasteiger partial charge in [-0.05, 0) is 25.5 Å². The van der Waals surface area contributed by atoms with Crippen LogP contribution in [0.2, 0.25) is 0 Å². The molecule has 2 rings (SSSR count). The van der Waals surface area contributed by atoms with Crippen molar-refractivity contribution in [2.24, 2.45) is 0 Å². The molecule has 0 aliphatic heterocycles. The smallest absolute Gasteiger partial charge is 0.273 e. The molecule has 2 heterocycles. The SMILES string of the molecule is CCCCNC(=O)c1ncoc1-c1ccc(C)s1. The van der Waals surface area contributed by atoms with Gasteiger partial charge in [-0.2, -0.15) is 0 Å². The van der Waals surface area contributed by atoms with E-state index < -0.39 is 0 Å². The molecule has 1 N–H and O–H groups in total. The first kappa shape index (κ1) is 12.8. The van der Waals surface area contributed by atoms with Crippen LogP contribution in [0.25, 0.3) is 10.6 Å². The molecule has 0 radical (unpaired) electrons. The molecule has 2 aromatic rings. The Labute approximate surface area is 110 Å². The molecule has 96 valence electrons. The fourth-order valence-electron chi connectivity index (χ4n) is 1.60. The molecular formula is C13H16N2O2S. The van der Waals surface area contributed by atoms with Gasteiger partial charge in [0.05, 0.1) is 4.88 Å². The van der Waals surface area contributed by atoms with Gasteiger partial charge >= 0.3 is 0 Å². The van der Waals surface area contributed by atoms with Crippen LogP contribution in [0.3, 0.4) is 0 Å². The van der Waals surface area contributed by atoms with E-state index in [2.05, 4.69) is 17.2 Å². The lowest BCUT2D eigenvalue weighted by atomic mass is 10.2. The Morgan fingerprint density at radius 2 is 2.33 bits per heavy atom. The van der Waals surface area contributed by atoms with Crippen LogP contribution in [-0.2, 0) is 0 Å². The Hall–Kier alpha value is -1.62. The minimum atomic E-state index is -0.168. The summed E-state index contributed by atoms with van der Waals surface area (Å²) in [6.45, 7) is 4.78. The minimum absolute atomic E-state index is 0.168. The van der Waals surface area contributed by atoms with Gasteiger partial charge in [0.25, 0.3) is 5.91 Å². The number of rotatable bonds is 5. The topological polar surface area (TPSA) is 55.1 Å². The molecule has 5 heteroatoms. The van der Waals surface area contributed by atoms with E-state index in [0.29, 0.717) is 18.0 Å². The average Bonchev–Trinajstić information content (AvgIpc) is 2.97. The number of hydrogen-bond acceptors (Lipinski definition) is 4. The highest BCUT2D eigenvalue weighted by Gasteiger charge is 2.18. The Kier molecular flexibility index (Phi) is 4.15. The maximum atomic E-state index is 12.0. The van der Waals surface area contributed by atoms with E-state index in [1.165, 1.54) is 11.3 Å². The van der Waals surface area contributed by atoms with E-state index in [4.69, 9.17) is 4.42 Å². The number of aryl methyl sites for hydroxylation is 1. The highest BCUT2D eigenvalue weighted by molar-refractivity contribution is 7.15. The van der Waals surface area contributed by atoms with Gasteiger partial charge < -0.3 is 9.73 Å². The third-order valence-electron chi connectivity index (χ3n) is 2.56. The molecule has 0 saturated carbocycles. The number of carbonyl (C=O) groups is 1. The van der Waals surface area contributed by atoms with E-state index >= 15 is 0 Å². The number of unbranched alkanes of at least 4 members (excludes halogenated alkanes) is 1. The lowest BCUT2D eigenvalue weighted by Gasteiger charge is -2.02. The Bertz CT molecular complexity index is 531. The van der Waals surface area contributed by atoms with Gasteiger partial charge in [0.2, 0.25) is 0 Å². The Morgan fingerprint density at radius 1 is 1.50 bits per heavy atom. The van der Waals surface area contributed by atoms with Gasteiger partial charge in [-0.25, -0.2) is 4.98 Å². The number of carbonyl (C=O) groups excluding carboxylic acids is 1. The van der Waals surface area contributed by atoms with E-state index in [9.17, 15) is 4.79 Å². The standard InChI is InChI=1S/C13H16N2O2S/c1-3-4-7-14-13(16)11-12(17-8-15-11)10-6-5-9(2)18-10/h5-6,8H,3-4,7H2,1-2H3,(H,14,16). The third-order valence-corrected chi connectivity index (χ3v) is 3.56. The predicted molar refractivity (Wildman–Crippen MR) is 71.8 cm³/mol. The summed E-state index contributed by atoms with van der Waals surface area (Å²) in [6.07, 6.45) is 3.34. The lowest BCUT2D eigenvalue weighted by Crippen LogP contribution is -2.25. The van der Waals surface area contributed by atoms with Gasteiger partial charge in [-0.1, -0.05) is 13.3 Å². The van der Waals surface area contributed by atoms with Crippen molar-refractivity contribution >= 4 is 17.2 Å². The van der Waals surface area contributed by atoms with Crippen LogP contribution < -0.4 is 5.32 Å². The van der Waals surface area contributed by atoms with Crippen molar-refractivity contribution < 1.29 is 9.21 Å². The van der Waals surface area contributed by atoms with Crippen LogP contribution in [-0.4, -0.2) is 17.4 Å². The first-order valence-electron chi connectivity index (χ1n) is 6.01. The van der Waals surface area contributed by atoms with Crippen molar-refractivity contribution in [2.75, 3.05) is 6.54 Å². The summed E-state index contributed by atoms with van der Waals surface area (Å²) in [7, 11) is 0. The number of aromatic nitrogens is 1. The largest absolute Gasteiger partial charge is 0.442 e. The summed E-state index contributed by atoms with van der Waals surface area (Å²) in [5, 5.41) is 2.85. The molecule has 0 atom stereocenters. The summed E-state index contributed by atoms with van der Waals surface area (Å²) >= 11 is 1.59. The first-order valence-corrected chi connectivity index (χ1v) is 6.82.